The lowest BCUT2D eigenvalue weighted by molar-refractivity contribution is 0.266. The summed E-state index contributed by atoms with van der Waals surface area (Å²) in [6, 6.07) is 25.4. The molecule has 0 amide bonds. The SMILES string of the molecule is CCCCC(CC)CC1(CC(CC)CCCC)c2cc(Br)ccc2-c2ccc(-c3ccccc3)cc21. The van der Waals surface area contributed by atoms with Crippen molar-refractivity contribution in [2.75, 3.05) is 0 Å². The van der Waals surface area contributed by atoms with E-state index < -0.39 is 0 Å². The van der Waals surface area contributed by atoms with E-state index in [1.54, 1.807) is 11.1 Å². The third-order valence-electron chi connectivity index (χ3n) is 8.79. The molecular weight excluding hydrogens is 500 g/mol. The number of unbranched alkanes of at least 4 members (excludes halogenated alkanes) is 2. The van der Waals surface area contributed by atoms with Gasteiger partial charge in [0.2, 0.25) is 0 Å². The van der Waals surface area contributed by atoms with Gasteiger partial charge in [-0.05, 0) is 76.3 Å². The quantitative estimate of drug-likeness (QED) is 0.200. The molecule has 3 aromatic carbocycles. The zero-order valence-electron chi connectivity index (χ0n) is 23.0. The van der Waals surface area contributed by atoms with E-state index in [-0.39, 0.29) is 5.41 Å². The van der Waals surface area contributed by atoms with E-state index in [1.165, 1.54) is 90.9 Å². The first-order valence-electron chi connectivity index (χ1n) is 14.6. The summed E-state index contributed by atoms with van der Waals surface area (Å²) in [6.07, 6.45) is 13.0. The molecule has 0 spiro atoms. The maximum absolute atomic E-state index is 3.86. The molecule has 4 rings (SSSR count). The summed E-state index contributed by atoms with van der Waals surface area (Å²) in [7, 11) is 0. The second kappa shape index (κ2) is 12.6. The first-order chi connectivity index (χ1) is 17.6. The van der Waals surface area contributed by atoms with Crippen molar-refractivity contribution in [3.63, 3.8) is 0 Å². The molecule has 0 saturated heterocycles. The number of benzene rings is 3. The highest BCUT2D eigenvalue weighted by Crippen LogP contribution is 2.57. The number of halogens is 1. The van der Waals surface area contributed by atoms with Crippen LogP contribution in [-0.4, -0.2) is 0 Å². The molecule has 0 aliphatic heterocycles. The molecule has 0 heterocycles. The van der Waals surface area contributed by atoms with Gasteiger partial charge in [0.25, 0.3) is 0 Å². The highest BCUT2D eigenvalue weighted by Gasteiger charge is 2.45. The normalized spacial score (nSPS) is 18.0. The highest BCUT2D eigenvalue weighted by molar-refractivity contribution is 9.10. The van der Waals surface area contributed by atoms with Gasteiger partial charge in [-0.3, -0.25) is 0 Å². The van der Waals surface area contributed by atoms with E-state index in [9.17, 15) is 0 Å². The maximum atomic E-state index is 3.86. The van der Waals surface area contributed by atoms with Crippen LogP contribution in [0.3, 0.4) is 0 Å². The maximum Gasteiger partial charge on any atom is 0.0221 e. The molecule has 0 N–H and O–H groups in total. The summed E-state index contributed by atoms with van der Waals surface area (Å²) in [6.45, 7) is 9.51. The number of fused-ring (bicyclic) bond motifs is 3. The van der Waals surface area contributed by atoms with E-state index in [2.05, 4.69) is 110 Å². The van der Waals surface area contributed by atoms with Gasteiger partial charge >= 0.3 is 0 Å². The summed E-state index contributed by atoms with van der Waals surface area (Å²) in [5, 5.41) is 0. The molecule has 0 radical (unpaired) electrons. The van der Waals surface area contributed by atoms with Gasteiger partial charge in [0, 0.05) is 9.89 Å². The van der Waals surface area contributed by atoms with Gasteiger partial charge in [-0.25, -0.2) is 0 Å². The number of rotatable bonds is 13. The van der Waals surface area contributed by atoms with Crippen LogP contribution < -0.4 is 0 Å². The van der Waals surface area contributed by atoms with E-state index in [0.717, 1.165) is 11.8 Å². The standard InChI is InChI=1S/C35H45Br/c1-5-9-14-26(7-3)24-35(25-27(8-4)15-10-6-2)33-22-29(28-16-12-11-13-17-28)18-20-31(33)32-21-19-30(36)23-34(32)35/h11-13,16-23,26-27H,5-10,14-15,24-25H2,1-4H3. The fraction of sp³-hybridized carbons (Fsp3) is 0.486. The Hall–Kier alpha value is -1.86. The number of hydrogen-bond acceptors (Lipinski definition) is 0. The molecule has 1 aliphatic rings. The molecule has 2 unspecified atom stereocenters. The molecule has 2 atom stereocenters. The van der Waals surface area contributed by atoms with Crippen molar-refractivity contribution >= 4 is 15.9 Å². The van der Waals surface area contributed by atoms with Crippen LogP contribution in [0.5, 0.6) is 0 Å². The Balaban J connectivity index is 1.91. The average molecular weight is 546 g/mol. The van der Waals surface area contributed by atoms with Gasteiger partial charge in [0.1, 0.15) is 0 Å². The second-order valence-corrected chi connectivity index (χ2v) is 12.1. The molecule has 3 aromatic rings. The minimum absolute atomic E-state index is 0.0854. The van der Waals surface area contributed by atoms with Crippen LogP contribution >= 0.6 is 15.9 Å². The smallest absolute Gasteiger partial charge is 0.0221 e. The van der Waals surface area contributed by atoms with Crippen LogP contribution in [0, 0.1) is 11.8 Å². The van der Waals surface area contributed by atoms with Crippen molar-refractivity contribution in [1.29, 1.82) is 0 Å². The summed E-state index contributed by atoms with van der Waals surface area (Å²) in [5.41, 5.74) is 8.85. The van der Waals surface area contributed by atoms with Crippen molar-refractivity contribution in [3.05, 3.63) is 82.3 Å². The lowest BCUT2D eigenvalue weighted by atomic mass is 9.65. The van der Waals surface area contributed by atoms with Gasteiger partial charge in [-0.2, -0.15) is 0 Å². The fourth-order valence-corrected chi connectivity index (χ4v) is 7.03. The van der Waals surface area contributed by atoms with Crippen LogP contribution in [0.4, 0.5) is 0 Å². The van der Waals surface area contributed by atoms with Gasteiger partial charge in [0.15, 0.2) is 0 Å². The third-order valence-corrected chi connectivity index (χ3v) is 9.28. The van der Waals surface area contributed by atoms with E-state index >= 15 is 0 Å². The fourth-order valence-electron chi connectivity index (χ4n) is 6.67. The molecule has 1 aliphatic carbocycles. The highest BCUT2D eigenvalue weighted by atomic mass is 79.9. The first kappa shape index (κ1) is 27.2. The van der Waals surface area contributed by atoms with Crippen molar-refractivity contribution in [2.24, 2.45) is 11.8 Å². The van der Waals surface area contributed by atoms with E-state index in [0.29, 0.717) is 0 Å². The topological polar surface area (TPSA) is 0 Å². The molecule has 0 fully saturated rings. The van der Waals surface area contributed by atoms with Gasteiger partial charge in [0.05, 0.1) is 0 Å². The summed E-state index contributed by atoms with van der Waals surface area (Å²) in [5.74, 6) is 1.51. The van der Waals surface area contributed by atoms with Crippen molar-refractivity contribution in [3.8, 4) is 22.3 Å². The van der Waals surface area contributed by atoms with E-state index in [4.69, 9.17) is 0 Å². The zero-order chi connectivity index (χ0) is 25.5. The lowest BCUT2D eigenvalue weighted by Gasteiger charge is -2.39. The predicted octanol–water partition coefficient (Wildman–Crippen LogP) is 11.6. The van der Waals surface area contributed by atoms with Crippen LogP contribution in [0.2, 0.25) is 0 Å². The lowest BCUT2D eigenvalue weighted by Crippen LogP contribution is -2.31. The van der Waals surface area contributed by atoms with Crippen LogP contribution in [0.15, 0.2) is 71.2 Å². The Morgan fingerprint density at radius 1 is 0.639 bits per heavy atom. The molecule has 36 heavy (non-hydrogen) atoms. The van der Waals surface area contributed by atoms with Crippen LogP contribution in [0.25, 0.3) is 22.3 Å². The Bertz CT molecular complexity index is 1090. The Kier molecular flexibility index (Phi) is 9.51. The minimum atomic E-state index is 0.0854. The van der Waals surface area contributed by atoms with Crippen molar-refractivity contribution in [2.45, 2.75) is 97.3 Å². The van der Waals surface area contributed by atoms with Crippen LogP contribution in [0.1, 0.15) is 103 Å². The van der Waals surface area contributed by atoms with Gasteiger partial charge in [-0.15, -0.1) is 0 Å². The van der Waals surface area contributed by atoms with Gasteiger partial charge < -0.3 is 0 Å². The summed E-state index contributed by atoms with van der Waals surface area (Å²) < 4.78 is 1.21. The van der Waals surface area contributed by atoms with E-state index in [1.807, 2.05) is 0 Å². The summed E-state index contributed by atoms with van der Waals surface area (Å²) >= 11 is 3.86. The molecule has 1 heteroatoms. The Labute approximate surface area is 229 Å². The van der Waals surface area contributed by atoms with Crippen LogP contribution in [-0.2, 0) is 5.41 Å². The summed E-state index contributed by atoms with van der Waals surface area (Å²) in [4.78, 5) is 0. The third kappa shape index (κ3) is 5.67. The Morgan fingerprint density at radius 3 is 1.75 bits per heavy atom. The molecule has 192 valence electrons. The Morgan fingerprint density at radius 2 is 1.19 bits per heavy atom. The second-order valence-electron chi connectivity index (χ2n) is 11.1. The van der Waals surface area contributed by atoms with Crippen molar-refractivity contribution < 1.29 is 0 Å². The number of hydrogen-bond donors (Lipinski definition) is 0. The zero-order valence-corrected chi connectivity index (χ0v) is 24.5. The largest absolute Gasteiger partial charge is 0.0654 e. The predicted molar refractivity (Wildman–Crippen MR) is 162 cm³/mol. The molecule has 0 aromatic heterocycles. The van der Waals surface area contributed by atoms with Crippen molar-refractivity contribution in [1.82, 2.24) is 0 Å². The first-order valence-corrected chi connectivity index (χ1v) is 15.4. The molecular formula is C35H45Br. The molecule has 0 nitrogen and oxygen atoms in total. The monoisotopic (exact) mass is 544 g/mol. The average Bonchev–Trinajstić information content (AvgIpc) is 3.17. The van der Waals surface area contributed by atoms with Gasteiger partial charge in [-0.1, -0.05) is 144 Å². The molecule has 0 saturated carbocycles. The molecule has 0 bridgehead atoms. The minimum Gasteiger partial charge on any atom is -0.0654 e.